The summed E-state index contributed by atoms with van der Waals surface area (Å²) in [6.07, 6.45) is -3.82. The molecule has 0 spiro atoms. The maximum absolute atomic E-state index is 13.0. The smallest absolute Gasteiger partial charge is 0.381 e. The van der Waals surface area contributed by atoms with Gasteiger partial charge in [-0.2, -0.15) is 13.2 Å². The number of ether oxygens (including phenoxy) is 1. The summed E-state index contributed by atoms with van der Waals surface area (Å²) in [7, 11) is 3.59. The van der Waals surface area contributed by atoms with Crippen molar-refractivity contribution < 1.29 is 27.8 Å². The Morgan fingerprint density at radius 3 is 2.00 bits per heavy atom. The number of nitro groups is 2. The molecule has 0 aromatic heterocycles. The van der Waals surface area contributed by atoms with Crippen molar-refractivity contribution in [2.75, 3.05) is 39.2 Å². The number of rotatable bonds is 6. The first kappa shape index (κ1) is 20.8. The zero-order chi connectivity index (χ0) is 20.4. The molecule has 12 heteroatoms. The van der Waals surface area contributed by atoms with Gasteiger partial charge in [0.25, 0.3) is 11.4 Å². The molecule has 150 valence electrons. The van der Waals surface area contributed by atoms with E-state index in [1.165, 1.54) is 0 Å². The minimum absolute atomic E-state index is 0.0798. The Hall–Kier alpha value is -2.47. The molecule has 1 heterocycles. The number of benzene rings is 1. The molecule has 1 aromatic carbocycles. The molecule has 1 aliphatic heterocycles. The van der Waals surface area contributed by atoms with Gasteiger partial charge in [0.15, 0.2) is 5.69 Å². The molecule has 0 amide bonds. The third-order valence-electron chi connectivity index (χ3n) is 4.78. The van der Waals surface area contributed by atoms with Crippen LogP contribution in [-0.4, -0.2) is 54.1 Å². The highest BCUT2D eigenvalue weighted by Crippen LogP contribution is 2.41. The van der Waals surface area contributed by atoms with Gasteiger partial charge in [-0.05, 0) is 26.9 Å². The number of nitrogens with one attached hydrogen (secondary N) is 1. The van der Waals surface area contributed by atoms with E-state index < -0.39 is 44.2 Å². The molecule has 0 radical (unpaired) electrons. The molecule has 27 heavy (non-hydrogen) atoms. The average molecular weight is 392 g/mol. The highest BCUT2D eigenvalue weighted by Gasteiger charge is 2.40. The quantitative estimate of drug-likeness (QED) is 0.585. The molecule has 0 aliphatic carbocycles. The summed E-state index contributed by atoms with van der Waals surface area (Å²) in [5.74, 6) is 0. The number of hydrogen-bond acceptors (Lipinski definition) is 7. The van der Waals surface area contributed by atoms with Crippen LogP contribution in [0.3, 0.4) is 0 Å². The number of likely N-dealkylation sites (N-methyl/N-ethyl adjacent to an activating group) is 1. The van der Waals surface area contributed by atoms with Crippen molar-refractivity contribution in [3.63, 3.8) is 0 Å². The average Bonchev–Trinajstić information content (AvgIpc) is 2.58. The SMILES string of the molecule is CN(C)C1(CNc2c([N+](=O)[O-])cc(C(F)(F)F)cc2[N+](=O)[O-])CCOCC1. The molecule has 2 rings (SSSR count). The molecule has 0 atom stereocenters. The Balaban J connectivity index is 2.48. The zero-order valence-electron chi connectivity index (χ0n) is 14.7. The van der Waals surface area contributed by atoms with Crippen molar-refractivity contribution in [2.24, 2.45) is 0 Å². The molecule has 0 saturated carbocycles. The fourth-order valence-corrected chi connectivity index (χ4v) is 3.03. The second-order valence-electron chi connectivity index (χ2n) is 6.49. The van der Waals surface area contributed by atoms with Gasteiger partial charge in [0, 0.05) is 37.4 Å². The monoisotopic (exact) mass is 392 g/mol. The van der Waals surface area contributed by atoms with Crippen LogP contribution in [0.25, 0.3) is 0 Å². The summed E-state index contributed by atoms with van der Waals surface area (Å²) in [4.78, 5) is 22.3. The van der Waals surface area contributed by atoms with Crippen LogP contribution in [0.4, 0.5) is 30.2 Å². The van der Waals surface area contributed by atoms with Crippen molar-refractivity contribution in [2.45, 2.75) is 24.6 Å². The third kappa shape index (κ3) is 4.45. The van der Waals surface area contributed by atoms with Gasteiger partial charge in [0.05, 0.1) is 15.4 Å². The third-order valence-corrected chi connectivity index (χ3v) is 4.78. The maximum Gasteiger partial charge on any atom is 0.416 e. The number of anilines is 1. The molecule has 1 aromatic rings. The Kier molecular flexibility index (Phi) is 5.90. The molecule has 1 N–H and O–H groups in total. The van der Waals surface area contributed by atoms with Gasteiger partial charge >= 0.3 is 6.18 Å². The van der Waals surface area contributed by atoms with E-state index in [1.54, 1.807) is 14.1 Å². The number of halogens is 3. The number of nitrogens with zero attached hydrogens (tertiary/aromatic N) is 3. The van der Waals surface area contributed by atoms with Crippen LogP contribution < -0.4 is 5.32 Å². The van der Waals surface area contributed by atoms with Crippen LogP contribution >= 0.6 is 0 Å². The van der Waals surface area contributed by atoms with Crippen LogP contribution in [0.2, 0.25) is 0 Å². The molecular weight excluding hydrogens is 373 g/mol. The van der Waals surface area contributed by atoms with Gasteiger partial charge in [-0.3, -0.25) is 20.2 Å². The predicted molar refractivity (Wildman–Crippen MR) is 89.7 cm³/mol. The van der Waals surface area contributed by atoms with E-state index in [-0.39, 0.29) is 6.54 Å². The fraction of sp³-hybridized carbons (Fsp3) is 0.600. The highest BCUT2D eigenvalue weighted by atomic mass is 19.4. The molecule has 1 fully saturated rings. The molecule has 1 aliphatic rings. The van der Waals surface area contributed by atoms with Crippen LogP contribution in [0.5, 0.6) is 0 Å². The first-order chi connectivity index (χ1) is 12.5. The lowest BCUT2D eigenvalue weighted by Crippen LogP contribution is -2.53. The Morgan fingerprint density at radius 1 is 1.15 bits per heavy atom. The maximum atomic E-state index is 13.0. The van der Waals surface area contributed by atoms with Gasteiger partial charge in [-0.1, -0.05) is 0 Å². The molecular formula is C15H19F3N4O5. The molecule has 9 nitrogen and oxygen atoms in total. The van der Waals surface area contributed by atoms with Crippen LogP contribution in [-0.2, 0) is 10.9 Å². The number of alkyl halides is 3. The summed E-state index contributed by atoms with van der Waals surface area (Å²) in [5, 5.41) is 25.2. The van der Waals surface area contributed by atoms with E-state index in [0.717, 1.165) is 0 Å². The number of hydrogen-bond donors (Lipinski definition) is 1. The van der Waals surface area contributed by atoms with Gasteiger partial charge in [-0.25, -0.2) is 0 Å². The van der Waals surface area contributed by atoms with E-state index in [9.17, 15) is 33.4 Å². The van der Waals surface area contributed by atoms with Gasteiger partial charge < -0.3 is 15.0 Å². The van der Waals surface area contributed by atoms with E-state index in [2.05, 4.69) is 5.32 Å². The number of nitro benzene ring substituents is 2. The normalized spacial score (nSPS) is 17.0. The Bertz CT molecular complexity index is 698. The van der Waals surface area contributed by atoms with Crippen molar-refractivity contribution in [1.29, 1.82) is 0 Å². The lowest BCUT2D eigenvalue weighted by molar-refractivity contribution is -0.392. The summed E-state index contributed by atoms with van der Waals surface area (Å²) >= 11 is 0. The Labute approximate surface area is 152 Å². The lowest BCUT2D eigenvalue weighted by atomic mass is 9.88. The highest BCUT2D eigenvalue weighted by molar-refractivity contribution is 5.75. The van der Waals surface area contributed by atoms with Crippen LogP contribution in [0.15, 0.2) is 12.1 Å². The van der Waals surface area contributed by atoms with Gasteiger partial charge in [0.1, 0.15) is 0 Å². The summed E-state index contributed by atoms with van der Waals surface area (Å²) in [6.45, 7) is 0.963. The van der Waals surface area contributed by atoms with Gasteiger partial charge in [0.2, 0.25) is 0 Å². The van der Waals surface area contributed by atoms with Crippen molar-refractivity contribution in [3.8, 4) is 0 Å². The summed E-state index contributed by atoms with van der Waals surface area (Å²) in [5.41, 5.74) is -4.46. The van der Waals surface area contributed by atoms with Crippen LogP contribution in [0.1, 0.15) is 18.4 Å². The van der Waals surface area contributed by atoms with Gasteiger partial charge in [-0.15, -0.1) is 0 Å². The predicted octanol–water partition coefficient (Wildman–Crippen LogP) is 3.04. The van der Waals surface area contributed by atoms with E-state index in [1.807, 2.05) is 4.90 Å². The van der Waals surface area contributed by atoms with Crippen molar-refractivity contribution in [1.82, 2.24) is 4.90 Å². The standard InChI is InChI=1S/C15H19F3N4O5/c1-20(2)14(3-5-27-6-4-14)9-19-13-11(21(23)24)7-10(15(16,17)18)8-12(13)22(25)26/h7-8,19H,3-6,9H2,1-2H3. The first-order valence-corrected chi connectivity index (χ1v) is 8.01. The largest absolute Gasteiger partial charge is 0.416 e. The summed E-state index contributed by atoms with van der Waals surface area (Å²) in [6, 6.07) is 0.614. The Morgan fingerprint density at radius 2 is 1.63 bits per heavy atom. The minimum Gasteiger partial charge on any atom is -0.381 e. The first-order valence-electron chi connectivity index (χ1n) is 8.01. The van der Waals surface area contributed by atoms with E-state index in [0.29, 0.717) is 38.2 Å². The lowest BCUT2D eigenvalue weighted by Gasteiger charge is -2.43. The molecule has 0 bridgehead atoms. The fourth-order valence-electron chi connectivity index (χ4n) is 3.03. The van der Waals surface area contributed by atoms with E-state index >= 15 is 0 Å². The molecule has 1 saturated heterocycles. The topological polar surface area (TPSA) is 111 Å². The minimum atomic E-state index is -4.94. The zero-order valence-corrected chi connectivity index (χ0v) is 14.7. The second kappa shape index (κ2) is 7.64. The van der Waals surface area contributed by atoms with Crippen molar-refractivity contribution in [3.05, 3.63) is 37.9 Å². The van der Waals surface area contributed by atoms with Crippen LogP contribution in [0, 0.1) is 20.2 Å². The van der Waals surface area contributed by atoms with Crippen molar-refractivity contribution >= 4 is 17.1 Å². The van der Waals surface area contributed by atoms with E-state index in [4.69, 9.17) is 4.74 Å². The molecule has 0 unspecified atom stereocenters. The summed E-state index contributed by atoms with van der Waals surface area (Å²) < 4.78 is 44.2. The second-order valence-corrected chi connectivity index (χ2v) is 6.49.